The summed E-state index contributed by atoms with van der Waals surface area (Å²) < 4.78 is 6.81. The summed E-state index contributed by atoms with van der Waals surface area (Å²) in [6, 6.07) is 13.7. The number of H-pyrrole nitrogens is 1. The van der Waals surface area contributed by atoms with E-state index in [9.17, 15) is 9.59 Å². The fraction of sp³-hybridized carbons (Fsp3) is 0.0417. The van der Waals surface area contributed by atoms with Crippen molar-refractivity contribution in [1.29, 1.82) is 5.26 Å². The minimum absolute atomic E-state index is 0.0933. The molecule has 0 amide bonds. The van der Waals surface area contributed by atoms with Gasteiger partial charge < -0.3 is 4.74 Å². The second-order valence-corrected chi connectivity index (χ2v) is 9.77. The van der Waals surface area contributed by atoms with E-state index in [1.165, 1.54) is 23.5 Å². The zero-order valence-corrected chi connectivity index (χ0v) is 21.3. The zero-order chi connectivity index (χ0) is 25.6. The molecule has 0 atom stereocenters. The van der Waals surface area contributed by atoms with Crippen LogP contribution in [-0.4, -0.2) is 19.7 Å². The van der Waals surface area contributed by atoms with E-state index in [1.807, 2.05) is 41.6 Å². The third kappa shape index (κ3) is 4.47. The van der Waals surface area contributed by atoms with Crippen molar-refractivity contribution in [3.05, 3.63) is 95.0 Å². The van der Waals surface area contributed by atoms with Gasteiger partial charge in [0.1, 0.15) is 11.8 Å². The molecule has 36 heavy (non-hydrogen) atoms. The molecule has 0 aliphatic heterocycles. The second-order valence-electron chi connectivity index (χ2n) is 7.60. The van der Waals surface area contributed by atoms with Gasteiger partial charge in [0.05, 0.1) is 36.8 Å². The van der Waals surface area contributed by atoms with Gasteiger partial charge in [0.2, 0.25) is 5.69 Å². The number of thiophene rings is 1. The first-order valence-electron chi connectivity index (χ1n) is 10.2. The standard InChI is InChI=1S/C24H12Cl3N5O3S/c1-11-4-19(21-5-12(25)10-36-21)29-18-3-2-14(8-15(11)18)35-22-16(26)6-13(7-17(22)27)32-24(34)30-23(33)20(9-28)31-32/h2-8,10H,1H3,(H,30,33,34). The number of aromatic nitrogens is 4. The van der Waals surface area contributed by atoms with E-state index >= 15 is 0 Å². The Morgan fingerprint density at radius 3 is 2.50 bits per heavy atom. The fourth-order valence-corrected chi connectivity index (χ4v) is 5.13. The Kier molecular flexibility index (Phi) is 6.28. The van der Waals surface area contributed by atoms with Gasteiger partial charge >= 0.3 is 5.69 Å². The Bertz CT molecular complexity index is 1820. The Morgan fingerprint density at radius 2 is 1.83 bits per heavy atom. The number of pyridine rings is 1. The number of halogens is 3. The molecule has 8 nitrogen and oxygen atoms in total. The average molecular weight is 557 g/mol. The van der Waals surface area contributed by atoms with E-state index in [0.29, 0.717) is 10.8 Å². The van der Waals surface area contributed by atoms with E-state index in [2.05, 4.69) is 5.10 Å². The molecule has 5 rings (SSSR count). The predicted molar refractivity (Wildman–Crippen MR) is 140 cm³/mol. The lowest BCUT2D eigenvalue weighted by Gasteiger charge is -2.13. The second kappa shape index (κ2) is 9.41. The van der Waals surface area contributed by atoms with Gasteiger partial charge in [0, 0.05) is 10.8 Å². The minimum atomic E-state index is -0.886. The van der Waals surface area contributed by atoms with Crippen LogP contribution in [0.5, 0.6) is 11.5 Å². The van der Waals surface area contributed by atoms with E-state index < -0.39 is 16.9 Å². The van der Waals surface area contributed by atoms with Crippen LogP contribution >= 0.6 is 46.1 Å². The van der Waals surface area contributed by atoms with E-state index in [4.69, 9.17) is 49.8 Å². The van der Waals surface area contributed by atoms with Crippen LogP contribution in [0.4, 0.5) is 0 Å². The monoisotopic (exact) mass is 555 g/mol. The molecule has 178 valence electrons. The summed E-state index contributed by atoms with van der Waals surface area (Å²) in [6.07, 6.45) is 0. The van der Waals surface area contributed by atoms with E-state index in [-0.39, 0.29) is 21.5 Å². The number of fused-ring (bicyclic) bond motifs is 1. The number of benzene rings is 2. The SMILES string of the molecule is Cc1cc(-c2cc(Cl)cs2)nc2ccc(Oc3c(Cl)cc(-n4nc(C#N)c(=O)[nH]c4=O)cc3Cl)cc12. The molecule has 0 aliphatic carbocycles. The first kappa shape index (κ1) is 24.0. The fourth-order valence-electron chi connectivity index (χ4n) is 3.54. The van der Waals surface area contributed by atoms with Crippen molar-refractivity contribution in [3.63, 3.8) is 0 Å². The minimum Gasteiger partial charge on any atom is -0.454 e. The van der Waals surface area contributed by atoms with Gasteiger partial charge in [0.25, 0.3) is 5.56 Å². The van der Waals surface area contributed by atoms with Gasteiger partial charge in [-0.05, 0) is 55.0 Å². The van der Waals surface area contributed by atoms with Crippen molar-refractivity contribution >= 4 is 57.0 Å². The highest BCUT2D eigenvalue weighted by atomic mass is 35.5. The Morgan fingerprint density at radius 1 is 1.08 bits per heavy atom. The number of nitrogens with zero attached hydrogens (tertiary/aromatic N) is 4. The summed E-state index contributed by atoms with van der Waals surface area (Å²) in [7, 11) is 0. The summed E-state index contributed by atoms with van der Waals surface area (Å²) in [4.78, 5) is 31.5. The van der Waals surface area contributed by atoms with Crippen molar-refractivity contribution in [2.45, 2.75) is 6.92 Å². The third-order valence-electron chi connectivity index (χ3n) is 5.19. The molecular weight excluding hydrogens is 545 g/mol. The number of rotatable bonds is 4. The summed E-state index contributed by atoms with van der Waals surface area (Å²) in [6.45, 7) is 1.98. The molecule has 12 heteroatoms. The van der Waals surface area contributed by atoms with Crippen LogP contribution in [0.3, 0.4) is 0 Å². The van der Waals surface area contributed by atoms with Crippen LogP contribution < -0.4 is 16.0 Å². The largest absolute Gasteiger partial charge is 0.454 e. The van der Waals surface area contributed by atoms with E-state index in [1.54, 1.807) is 12.1 Å². The summed E-state index contributed by atoms with van der Waals surface area (Å²) in [5, 5.41) is 16.4. The molecule has 0 bridgehead atoms. The molecule has 0 saturated carbocycles. The van der Waals surface area contributed by atoms with Crippen LogP contribution in [0.25, 0.3) is 27.2 Å². The average Bonchev–Trinajstić information content (AvgIpc) is 3.28. The summed E-state index contributed by atoms with van der Waals surface area (Å²) >= 11 is 20.4. The lowest BCUT2D eigenvalue weighted by atomic mass is 10.1. The smallest absolute Gasteiger partial charge is 0.349 e. The van der Waals surface area contributed by atoms with Crippen molar-refractivity contribution in [2.24, 2.45) is 0 Å². The normalized spacial score (nSPS) is 11.0. The Balaban J connectivity index is 1.50. The lowest BCUT2D eigenvalue weighted by molar-refractivity contribution is 0.483. The van der Waals surface area contributed by atoms with Crippen LogP contribution in [0, 0.1) is 18.3 Å². The van der Waals surface area contributed by atoms with Crippen LogP contribution in [0.15, 0.2) is 57.4 Å². The number of aromatic amines is 1. The number of ether oxygens (including phenoxy) is 1. The summed E-state index contributed by atoms with van der Waals surface area (Å²) in [5.41, 5.74) is 0.547. The number of aryl methyl sites for hydroxylation is 1. The van der Waals surface area contributed by atoms with Gasteiger partial charge in [-0.15, -0.1) is 16.4 Å². The quantitative estimate of drug-likeness (QED) is 0.285. The van der Waals surface area contributed by atoms with Crippen molar-refractivity contribution in [3.8, 4) is 33.8 Å². The van der Waals surface area contributed by atoms with Gasteiger partial charge in [-0.25, -0.2) is 9.78 Å². The number of nitriles is 1. The highest BCUT2D eigenvalue weighted by molar-refractivity contribution is 7.14. The first-order valence-corrected chi connectivity index (χ1v) is 12.2. The lowest BCUT2D eigenvalue weighted by Crippen LogP contribution is -2.33. The Hall–Kier alpha value is -3.68. The molecule has 0 saturated heterocycles. The van der Waals surface area contributed by atoms with Gasteiger partial charge in [-0.1, -0.05) is 34.8 Å². The van der Waals surface area contributed by atoms with Crippen LogP contribution in [-0.2, 0) is 0 Å². The van der Waals surface area contributed by atoms with Gasteiger partial charge in [-0.3, -0.25) is 9.78 Å². The molecule has 3 heterocycles. The van der Waals surface area contributed by atoms with E-state index in [0.717, 1.165) is 31.7 Å². The predicted octanol–water partition coefficient (Wildman–Crippen LogP) is 6.13. The molecule has 0 unspecified atom stereocenters. The third-order valence-corrected chi connectivity index (χ3v) is 7.05. The highest BCUT2D eigenvalue weighted by Crippen LogP contribution is 2.39. The molecule has 2 aromatic carbocycles. The zero-order valence-electron chi connectivity index (χ0n) is 18.2. The molecule has 5 aromatic rings. The number of hydrogen-bond acceptors (Lipinski definition) is 7. The van der Waals surface area contributed by atoms with Gasteiger partial charge in [0.15, 0.2) is 5.75 Å². The topological polar surface area (TPSA) is 114 Å². The summed E-state index contributed by atoms with van der Waals surface area (Å²) in [5.74, 6) is 0.636. The van der Waals surface area contributed by atoms with Crippen molar-refractivity contribution < 1.29 is 4.74 Å². The van der Waals surface area contributed by atoms with Gasteiger partial charge in [-0.2, -0.15) is 9.94 Å². The molecule has 1 N–H and O–H groups in total. The maximum Gasteiger partial charge on any atom is 0.349 e. The highest BCUT2D eigenvalue weighted by Gasteiger charge is 2.16. The first-order chi connectivity index (χ1) is 17.2. The van der Waals surface area contributed by atoms with Crippen LogP contribution in [0.1, 0.15) is 11.3 Å². The molecular formula is C24H12Cl3N5O3S. The number of nitrogens with one attached hydrogen (secondary N) is 1. The maximum absolute atomic E-state index is 12.2. The molecule has 0 aliphatic rings. The Labute approximate surface area is 221 Å². The van der Waals surface area contributed by atoms with Crippen molar-refractivity contribution in [2.75, 3.05) is 0 Å². The van der Waals surface area contributed by atoms with Crippen molar-refractivity contribution in [1.82, 2.24) is 19.7 Å². The molecule has 0 fully saturated rings. The molecule has 0 spiro atoms. The maximum atomic E-state index is 12.2. The molecule has 0 radical (unpaired) electrons. The molecule has 3 aromatic heterocycles. The number of hydrogen-bond donors (Lipinski definition) is 1. The van der Waals surface area contributed by atoms with Crippen LogP contribution in [0.2, 0.25) is 15.1 Å².